The van der Waals surface area contributed by atoms with E-state index < -0.39 is 0 Å². The Morgan fingerprint density at radius 3 is 2.39 bits per heavy atom. The number of aliphatic hydroxyl groups is 1. The number of benzene rings is 1. The van der Waals surface area contributed by atoms with Gasteiger partial charge in [-0.2, -0.15) is 0 Å². The fraction of sp³-hybridized carbons (Fsp3) is 0.600. The number of nitrogens with one attached hydrogen (secondary N) is 1. The Labute approximate surface area is 115 Å². The van der Waals surface area contributed by atoms with Crippen LogP contribution >= 0.6 is 11.8 Å². The van der Waals surface area contributed by atoms with Crippen LogP contribution in [0.4, 0.5) is 0 Å². The van der Waals surface area contributed by atoms with Crippen molar-refractivity contribution < 1.29 is 5.11 Å². The van der Waals surface area contributed by atoms with Gasteiger partial charge in [0.05, 0.1) is 0 Å². The zero-order valence-corrected chi connectivity index (χ0v) is 12.5. The Kier molecular flexibility index (Phi) is 7.40. The average Bonchev–Trinajstić information content (AvgIpc) is 2.36. The largest absolute Gasteiger partial charge is 0.396 e. The van der Waals surface area contributed by atoms with Crippen molar-refractivity contribution in [2.75, 3.05) is 13.2 Å². The molecule has 0 spiro atoms. The second-order valence-corrected chi connectivity index (χ2v) is 6.55. The third-order valence-electron chi connectivity index (χ3n) is 2.89. The summed E-state index contributed by atoms with van der Waals surface area (Å²) >= 11 is 1.89. The van der Waals surface area contributed by atoms with Crippen LogP contribution in [0.5, 0.6) is 0 Å². The second-order valence-electron chi connectivity index (χ2n) is 4.90. The highest BCUT2D eigenvalue weighted by molar-refractivity contribution is 7.99. The Bertz CT molecular complexity index is 320. The van der Waals surface area contributed by atoms with Crippen LogP contribution in [0.25, 0.3) is 0 Å². The Hall–Kier alpha value is -0.510. The van der Waals surface area contributed by atoms with Gasteiger partial charge in [0.2, 0.25) is 0 Å². The maximum Gasteiger partial charge on any atom is 0.0471 e. The summed E-state index contributed by atoms with van der Waals surface area (Å²) in [5, 5.41) is 13.1. The van der Waals surface area contributed by atoms with Crippen molar-refractivity contribution in [1.82, 2.24) is 5.32 Å². The van der Waals surface area contributed by atoms with E-state index in [9.17, 15) is 0 Å². The zero-order valence-electron chi connectivity index (χ0n) is 11.6. The van der Waals surface area contributed by atoms with Crippen LogP contribution < -0.4 is 5.32 Å². The minimum Gasteiger partial charge on any atom is -0.396 e. The van der Waals surface area contributed by atoms with Gasteiger partial charge >= 0.3 is 0 Å². The van der Waals surface area contributed by atoms with Crippen molar-refractivity contribution in [2.24, 2.45) is 5.92 Å². The van der Waals surface area contributed by atoms with Gasteiger partial charge in [-0.05, 0) is 30.0 Å². The standard InChI is InChI=1S/C15H25NOS/c1-4-13(11-17)9-16-10-14-5-7-15(8-6-14)18-12(2)3/h5-8,12-13,16-17H,4,9-11H2,1-3H3. The molecule has 18 heavy (non-hydrogen) atoms. The maximum absolute atomic E-state index is 9.10. The first-order valence-electron chi connectivity index (χ1n) is 6.72. The van der Waals surface area contributed by atoms with E-state index in [0.717, 1.165) is 19.5 Å². The molecule has 0 aliphatic heterocycles. The van der Waals surface area contributed by atoms with Crippen LogP contribution in [-0.2, 0) is 6.54 Å². The lowest BCUT2D eigenvalue weighted by Gasteiger charge is -2.12. The molecule has 0 aliphatic rings. The Morgan fingerprint density at radius 2 is 1.89 bits per heavy atom. The summed E-state index contributed by atoms with van der Waals surface area (Å²) in [5.41, 5.74) is 1.30. The Morgan fingerprint density at radius 1 is 1.22 bits per heavy atom. The molecule has 1 aromatic carbocycles. The molecular weight excluding hydrogens is 242 g/mol. The van der Waals surface area contributed by atoms with E-state index >= 15 is 0 Å². The van der Waals surface area contributed by atoms with E-state index in [0.29, 0.717) is 11.2 Å². The molecule has 0 bridgehead atoms. The monoisotopic (exact) mass is 267 g/mol. The van der Waals surface area contributed by atoms with Gasteiger partial charge in [0.15, 0.2) is 0 Å². The molecule has 0 saturated heterocycles. The molecule has 0 radical (unpaired) electrons. The van der Waals surface area contributed by atoms with E-state index in [1.54, 1.807) is 0 Å². The number of thioether (sulfide) groups is 1. The maximum atomic E-state index is 9.10. The van der Waals surface area contributed by atoms with Crippen LogP contribution in [0.2, 0.25) is 0 Å². The van der Waals surface area contributed by atoms with Gasteiger partial charge in [0.25, 0.3) is 0 Å². The molecule has 2 nitrogen and oxygen atoms in total. The highest BCUT2D eigenvalue weighted by Gasteiger charge is 2.03. The van der Waals surface area contributed by atoms with E-state index in [2.05, 4.69) is 50.4 Å². The van der Waals surface area contributed by atoms with Crippen molar-refractivity contribution in [3.63, 3.8) is 0 Å². The molecule has 0 aromatic heterocycles. The third-order valence-corrected chi connectivity index (χ3v) is 3.91. The van der Waals surface area contributed by atoms with Crippen molar-refractivity contribution in [2.45, 2.75) is 43.9 Å². The highest BCUT2D eigenvalue weighted by Crippen LogP contribution is 2.22. The first-order valence-corrected chi connectivity index (χ1v) is 7.60. The summed E-state index contributed by atoms with van der Waals surface area (Å²) in [4.78, 5) is 1.33. The summed E-state index contributed by atoms with van der Waals surface area (Å²) < 4.78 is 0. The van der Waals surface area contributed by atoms with Gasteiger partial charge in [-0.25, -0.2) is 0 Å². The fourth-order valence-electron chi connectivity index (χ4n) is 1.72. The molecule has 3 heteroatoms. The number of aliphatic hydroxyl groups excluding tert-OH is 1. The summed E-state index contributed by atoms with van der Waals surface area (Å²) in [7, 11) is 0. The molecule has 102 valence electrons. The molecule has 1 atom stereocenters. The molecule has 0 heterocycles. The van der Waals surface area contributed by atoms with E-state index in [4.69, 9.17) is 5.11 Å². The van der Waals surface area contributed by atoms with Crippen LogP contribution in [0.15, 0.2) is 29.2 Å². The first kappa shape index (κ1) is 15.5. The van der Waals surface area contributed by atoms with Crippen LogP contribution in [0, 0.1) is 5.92 Å². The summed E-state index contributed by atoms with van der Waals surface area (Å²) in [6.45, 7) is 8.56. The first-order chi connectivity index (χ1) is 8.65. The number of rotatable bonds is 8. The lowest BCUT2D eigenvalue weighted by atomic mass is 10.1. The summed E-state index contributed by atoms with van der Waals surface area (Å²) in [6.07, 6.45) is 1.02. The average molecular weight is 267 g/mol. The van der Waals surface area contributed by atoms with Crippen LogP contribution in [-0.4, -0.2) is 23.5 Å². The smallest absolute Gasteiger partial charge is 0.0471 e. The molecule has 0 amide bonds. The van der Waals surface area contributed by atoms with E-state index in [-0.39, 0.29) is 6.61 Å². The predicted octanol–water partition coefficient (Wildman–Crippen LogP) is 3.30. The molecule has 2 N–H and O–H groups in total. The molecule has 0 fully saturated rings. The normalized spacial score (nSPS) is 12.9. The number of hydrogen-bond donors (Lipinski definition) is 2. The quantitative estimate of drug-likeness (QED) is 0.709. The Balaban J connectivity index is 2.35. The van der Waals surface area contributed by atoms with Crippen molar-refractivity contribution >= 4 is 11.8 Å². The summed E-state index contributed by atoms with van der Waals surface area (Å²) in [5.74, 6) is 0.376. The molecular formula is C15H25NOS. The molecule has 1 aromatic rings. The van der Waals surface area contributed by atoms with Gasteiger partial charge in [0, 0.05) is 29.8 Å². The fourth-order valence-corrected chi connectivity index (χ4v) is 2.55. The summed E-state index contributed by atoms with van der Waals surface area (Å²) in [6, 6.07) is 8.73. The van der Waals surface area contributed by atoms with E-state index in [1.165, 1.54) is 10.5 Å². The van der Waals surface area contributed by atoms with Gasteiger partial charge in [-0.15, -0.1) is 11.8 Å². The molecule has 1 unspecified atom stereocenters. The van der Waals surface area contributed by atoms with Gasteiger partial charge in [-0.3, -0.25) is 0 Å². The lowest BCUT2D eigenvalue weighted by molar-refractivity contribution is 0.218. The lowest BCUT2D eigenvalue weighted by Crippen LogP contribution is -2.24. The van der Waals surface area contributed by atoms with Crippen LogP contribution in [0.1, 0.15) is 32.8 Å². The van der Waals surface area contributed by atoms with E-state index in [1.807, 2.05) is 11.8 Å². The molecule has 1 rings (SSSR count). The highest BCUT2D eigenvalue weighted by atomic mass is 32.2. The number of hydrogen-bond acceptors (Lipinski definition) is 3. The predicted molar refractivity (Wildman–Crippen MR) is 80.0 cm³/mol. The second kappa shape index (κ2) is 8.57. The minimum absolute atomic E-state index is 0.271. The molecule has 0 aliphatic carbocycles. The van der Waals surface area contributed by atoms with Gasteiger partial charge in [-0.1, -0.05) is 32.9 Å². The minimum atomic E-state index is 0.271. The van der Waals surface area contributed by atoms with Crippen molar-refractivity contribution in [3.8, 4) is 0 Å². The van der Waals surface area contributed by atoms with Crippen LogP contribution in [0.3, 0.4) is 0 Å². The van der Waals surface area contributed by atoms with Crippen molar-refractivity contribution in [3.05, 3.63) is 29.8 Å². The SMILES string of the molecule is CCC(CO)CNCc1ccc(SC(C)C)cc1. The third kappa shape index (κ3) is 5.89. The van der Waals surface area contributed by atoms with Crippen molar-refractivity contribution in [1.29, 1.82) is 0 Å². The zero-order chi connectivity index (χ0) is 13.4. The van der Waals surface area contributed by atoms with Gasteiger partial charge in [0.1, 0.15) is 0 Å². The molecule has 0 saturated carbocycles. The van der Waals surface area contributed by atoms with Gasteiger partial charge < -0.3 is 10.4 Å². The topological polar surface area (TPSA) is 32.3 Å².